The molecule has 1 aromatic rings. The first-order chi connectivity index (χ1) is 7.55. The van der Waals surface area contributed by atoms with Gasteiger partial charge < -0.3 is 13.1 Å². The molecule has 0 aliphatic rings. The summed E-state index contributed by atoms with van der Waals surface area (Å²) < 4.78 is 0. The van der Waals surface area contributed by atoms with E-state index in [-0.39, 0.29) is 90.2 Å². The van der Waals surface area contributed by atoms with Gasteiger partial charge in [-0.15, -0.1) is 0 Å². The van der Waals surface area contributed by atoms with Gasteiger partial charge in [0.25, 0.3) is 0 Å². The molecule has 1 rings (SSSR count). The molecule has 90 valence electrons. The van der Waals surface area contributed by atoms with Crippen LogP contribution in [0, 0.1) is 0 Å². The average Bonchev–Trinajstić information content (AvgIpc) is 2.26. The molecule has 0 amide bonds. The molecule has 2 N–H and O–H groups in total. The standard InChI is InChI=1S/C12H14O4.K.Na.2H/c1-2-8-12(10(13)14,11(15)16)9-6-4-3-5-7-9;;;;/h3-7H,2,8H2,1H3,(H,13,14)(H,15,16);;;;/q;2*+1;2*-1. The predicted octanol–water partition coefficient (Wildman–Crippen LogP) is -3.87. The number of carboxylic acids is 2. The maximum Gasteiger partial charge on any atom is 1.00 e. The Morgan fingerprint density at radius 3 is 1.94 bits per heavy atom. The van der Waals surface area contributed by atoms with Crippen molar-refractivity contribution in [1.82, 2.24) is 0 Å². The van der Waals surface area contributed by atoms with Gasteiger partial charge in [0.2, 0.25) is 0 Å². The zero-order valence-corrected chi connectivity index (χ0v) is 16.1. The minimum Gasteiger partial charge on any atom is -1.00 e. The minimum atomic E-state index is -1.82. The van der Waals surface area contributed by atoms with Crippen molar-refractivity contribution in [2.45, 2.75) is 25.2 Å². The molecule has 18 heavy (non-hydrogen) atoms. The molecule has 0 atom stereocenters. The average molecular weight is 286 g/mol. The summed E-state index contributed by atoms with van der Waals surface area (Å²) in [5, 5.41) is 18.4. The van der Waals surface area contributed by atoms with Crippen LogP contribution in [0.15, 0.2) is 30.3 Å². The topological polar surface area (TPSA) is 74.6 Å². The van der Waals surface area contributed by atoms with Crippen molar-refractivity contribution in [3.8, 4) is 0 Å². The molecule has 0 aliphatic heterocycles. The van der Waals surface area contributed by atoms with Crippen LogP contribution in [0.3, 0.4) is 0 Å². The number of carbonyl (C=O) groups is 2. The van der Waals surface area contributed by atoms with Crippen LogP contribution in [-0.2, 0) is 15.0 Å². The summed E-state index contributed by atoms with van der Waals surface area (Å²) in [5.74, 6) is -2.62. The Labute approximate surface area is 174 Å². The van der Waals surface area contributed by atoms with E-state index in [1.807, 2.05) is 0 Å². The first kappa shape index (κ1) is 21.1. The van der Waals surface area contributed by atoms with Crippen LogP contribution in [0.1, 0.15) is 28.2 Å². The van der Waals surface area contributed by atoms with Gasteiger partial charge in [-0.05, 0) is 12.0 Å². The third-order valence-electron chi connectivity index (χ3n) is 2.62. The van der Waals surface area contributed by atoms with Gasteiger partial charge in [-0.1, -0.05) is 43.7 Å². The van der Waals surface area contributed by atoms with Gasteiger partial charge in [0.15, 0.2) is 5.41 Å². The monoisotopic (exact) mass is 286 g/mol. The maximum absolute atomic E-state index is 11.3. The van der Waals surface area contributed by atoms with Crippen molar-refractivity contribution in [3.05, 3.63) is 35.9 Å². The molecule has 0 unspecified atom stereocenters. The van der Waals surface area contributed by atoms with Gasteiger partial charge in [-0.25, -0.2) is 0 Å². The van der Waals surface area contributed by atoms with E-state index >= 15 is 0 Å². The molecular formula is C12H16KNaO4. The Morgan fingerprint density at radius 2 is 1.61 bits per heavy atom. The van der Waals surface area contributed by atoms with Gasteiger partial charge in [-0.3, -0.25) is 9.59 Å². The molecule has 0 heterocycles. The van der Waals surface area contributed by atoms with Gasteiger partial charge in [-0.2, -0.15) is 0 Å². The fraction of sp³-hybridized carbons (Fsp3) is 0.333. The summed E-state index contributed by atoms with van der Waals surface area (Å²) in [6, 6.07) is 8.09. The number of aliphatic carboxylic acids is 2. The Balaban J connectivity index is -0.000000320. The van der Waals surface area contributed by atoms with E-state index < -0.39 is 17.4 Å². The Bertz CT molecular complexity index is 390. The molecule has 0 radical (unpaired) electrons. The van der Waals surface area contributed by atoms with E-state index in [1.165, 1.54) is 12.1 Å². The Hall–Kier alpha value is 0.796. The first-order valence-corrected chi connectivity index (χ1v) is 5.08. The first-order valence-electron chi connectivity index (χ1n) is 5.08. The van der Waals surface area contributed by atoms with E-state index in [1.54, 1.807) is 25.1 Å². The molecule has 0 saturated heterocycles. The van der Waals surface area contributed by atoms with Crippen molar-refractivity contribution in [1.29, 1.82) is 0 Å². The van der Waals surface area contributed by atoms with E-state index in [2.05, 4.69) is 0 Å². The third kappa shape index (κ3) is 4.42. The second-order valence-corrected chi connectivity index (χ2v) is 3.63. The summed E-state index contributed by atoms with van der Waals surface area (Å²) in [6.45, 7) is 1.77. The molecule has 0 saturated carbocycles. The van der Waals surface area contributed by atoms with Gasteiger partial charge in [0.1, 0.15) is 0 Å². The van der Waals surface area contributed by atoms with Crippen LogP contribution >= 0.6 is 0 Å². The molecule has 0 aromatic heterocycles. The molecule has 4 nitrogen and oxygen atoms in total. The quantitative estimate of drug-likeness (QED) is 0.429. The van der Waals surface area contributed by atoms with Crippen LogP contribution < -0.4 is 80.9 Å². The fourth-order valence-electron chi connectivity index (χ4n) is 1.79. The van der Waals surface area contributed by atoms with Crippen LogP contribution in [0.5, 0.6) is 0 Å². The van der Waals surface area contributed by atoms with E-state index in [4.69, 9.17) is 0 Å². The molecule has 0 fully saturated rings. The second-order valence-electron chi connectivity index (χ2n) is 3.63. The van der Waals surface area contributed by atoms with Gasteiger partial charge >= 0.3 is 92.9 Å². The van der Waals surface area contributed by atoms with Crippen LogP contribution in [0.25, 0.3) is 0 Å². The van der Waals surface area contributed by atoms with Crippen molar-refractivity contribution >= 4 is 11.9 Å². The van der Waals surface area contributed by atoms with Crippen LogP contribution in [0.4, 0.5) is 0 Å². The van der Waals surface area contributed by atoms with Crippen LogP contribution in [-0.4, -0.2) is 22.2 Å². The number of benzene rings is 1. The maximum atomic E-state index is 11.3. The Morgan fingerprint density at radius 1 is 1.17 bits per heavy atom. The second kappa shape index (κ2) is 9.66. The van der Waals surface area contributed by atoms with Crippen molar-refractivity contribution in [3.63, 3.8) is 0 Å². The Kier molecular flexibility index (Phi) is 11.3. The zero-order chi connectivity index (χ0) is 12.2. The minimum absolute atomic E-state index is 0. The molecule has 1 aromatic carbocycles. The van der Waals surface area contributed by atoms with E-state index in [0.717, 1.165) is 0 Å². The summed E-state index contributed by atoms with van der Waals surface area (Å²) in [5.41, 5.74) is -1.51. The summed E-state index contributed by atoms with van der Waals surface area (Å²) in [6.07, 6.45) is 0.579. The largest absolute Gasteiger partial charge is 1.00 e. The SMILES string of the molecule is CCCC(C(=O)O)(C(=O)O)c1ccccc1.[H-].[H-].[K+].[Na+]. The number of hydrogen-bond acceptors (Lipinski definition) is 2. The van der Waals surface area contributed by atoms with Crippen LogP contribution in [0.2, 0.25) is 0 Å². The van der Waals surface area contributed by atoms with Crippen molar-refractivity contribution < 1.29 is 104 Å². The fourth-order valence-corrected chi connectivity index (χ4v) is 1.79. The number of rotatable bonds is 5. The molecule has 6 heteroatoms. The predicted molar refractivity (Wildman–Crippen MR) is 60.5 cm³/mol. The molecule has 0 aliphatic carbocycles. The molecule has 0 spiro atoms. The van der Waals surface area contributed by atoms with Gasteiger partial charge in [0, 0.05) is 0 Å². The summed E-state index contributed by atoms with van der Waals surface area (Å²) in [7, 11) is 0. The smallest absolute Gasteiger partial charge is 1.00 e. The van der Waals surface area contributed by atoms with E-state index in [0.29, 0.717) is 12.0 Å². The van der Waals surface area contributed by atoms with E-state index in [9.17, 15) is 19.8 Å². The number of hydrogen-bond donors (Lipinski definition) is 2. The third-order valence-corrected chi connectivity index (χ3v) is 2.62. The summed E-state index contributed by atoms with van der Waals surface area (Å²) in [4.78, 5) is 22.5. The van der Waals surface area contributed by atoms with Gasteiger partial charge in [0.05, 0.1) is 0 Å². The normalized spacial score (nSPS) is 9.83. The summed E-state index contributed by atoms with van der Waals surface area (Å²) >= 11 is 0. The van der Waals surface area contributed by atoms with Crippen molar-refractivity contribution in [2.24, 2.45) is 0 Å². The zero-order valence-electron chi connectivity index (χ0n) is 13.0. The number of carboxylic acid groups (broad SMARTS) is 2. The molecule has 0 bridgehead atoms. The molecular weight excluding hydrogens is 270 g/mol. The van der Waals surface area contributed by atoms with Crippen molar-refractivity contribution in [2.75, 3.05) is 0 Å².